The Hall–Kier alpha value is -2.77. The molecular formula is C22H17FN2O2S2. The lowest BCUT2D eigenvalue weighted by atomic mass is 10.1. The van der Waals surface area contributed by atoms with E-state index in [4.69, 9.17) is 4.98 Å². The SMILES string of the molecule is CCc1cc2c(=O)n(-c3ccccc3)c(SCC(=O)c3ccc(F)cc3)nc2s1. The van der Waals surface area contributed by atoms with Crippen LogP contribution < -0.4 is 5.56 Å². The summed E-state index contributed by atoms with van der Waals surface area (Å²) in [5.74, 6) is -0.435. The van der Waals surface area contributed by atoms with Gasteiger partial charge in [0.25, 0.3) is 5.56 Å². The van der Waals surface area contributed by atoms with Crippen LogP contribution in [0.25, 0.3) is 15.9 Å². The molecule has 0 saturated carbocycles. The first-order valence-electron chi connectivity index (χ1n) is 9.09. The average Bonchev–Trinajstić information content (AvgIpc) is 3.17. The molecule has 0 spiro atoms. The van der Waals surface area contributed by atoms with E-state index in [1.165, 1.54) is 47.4 Å². The van der Waals surface area contributed by atoms with Gasteiger partial charge < -0.3 is 0 Å². The number of Topliss-reactive ketones (excluding diaryl/α,β-unsaturated/α-hetero) is 1. The van der Waals surface area contributed by atoms with Gasteiger partial charge in [0.2, 0.25) is 0 Å². The monoisotopic (exact) mass is 424 g/mol. The Kier molecular flexibility index (Phi) is 5.60. The van der Waals surface area contributed by atoms with E-state index in [0.29, 0.717) is 26.6 Å². The fourth-order valence-corrected chi connectivity index (χ4v) is 4.85. The fraction of sp³-hybridized carbons (Fsp3) is 0.136. The molecule has 4 rings (SSSR count). The molecule has 2 aromatic heterocycles. The van der Waals surface area contributed by atoms with E-state index in [1.807, 2.05) is 43.3 Å². The summed E-state index contributed by atoms with van der Waals surface area (Å²) < 4.78 is 14.7. The van der Waals surface area contributed by atoms with Crippen molar-refractivity contribution in [2.75, 3.05) is 5.75 Å². The van der Waals surface area contributed by atoms with Crippen LogP contribution in [0.5, 0.6) is 0 Å². The predicted octanol–water partition coefficient (Wildman–Crippen LogP) is 5.12. The highest BCUT2D eigenvalue weighted by atomic mass is 32.2. The Balaban J connectivity index is 1.74. The number of aryl methyl sites for hydroxylation is 1. The number of halogens is 1. The third-order valence-corrected chi connectivity index (χ3v) is 6.56. The number of para-hydroxylation sites is 1. The summed E-state index contributed by atoms with van der Waals surface area (Å²) in [6, 6.07) is 16.6. The van der Waals surface area contributed by atoms with Crippen molar-refractivity contribution in [3.05, 3.63) is 87.3 Å². The van der Waals surface area contributed by atoms with E-state index in [2.05, 4.69) is 0 Å². The van der Waals surface area contributed by atoms with Crippen molar-refractivity contribution in [2.24, 2.45) is 0 Å². The van der Waals surface area contributed by atoms with Gasteiger partial charge in [0.1, 0.15) is 10.6 Å². The minimum absolute atomic E-state index is 0.0996. The molecule has 0 fully saturated rings. The van der Waals surface area contributed by atoms with Crippen LogP contribution >= 0.6 is 23.1 Å². The largest absolute Gasteiger partial charge is 0.293 e. The fourth-order valence-electron chi connectivity index (χ4n) is 2.94. The molecule has 0 aliphatic heterocycles. The summed E-state index contributed by atoms with van der Waals surface area (Å²) in [5, 5.41) is 1.05. The number of aromatic nitrogens is 2. The Morgan fingerprint density at radius 2 is 1.86 bits per heavy atom. The van der Waals surface area contributed by atoms with Crippen LogP contribution in [0.15, 0.2) is 70.6 Å². The van der Waals surface area contributed by atoms with Crippen molar-refractivity contribution in [3.8, 4) is 5.69 Å². The van der Waals surface area contributed by atoms with E-state index >= 15 is 0 Å². The number of ketones is 1. The second kappa shape index (κ2) is 8.31. The van der Waals surface area contributed by atoms with Crippen molar-refractivity contribution in [1.82, 2.24) is 9.55 Å². The number of carbonyl (C=O) groups is 1. The molecule has 0 aliphatic rings. The zero-order chi connectivity index (χ0) is 20.4. The van der Waals surface area contributed by atoms with Gasteiger partial charge in [-0.15, -0.1) is 11.3 Å². The molecule has 0 amide bonds. The Labute approximate surface area is 175 Å². The Morgan fingerprint density at radius 3 is 2.55 bits per heavy atom. The molecular weight excluding hydrogens is 407 g/mol. The Morgan fingerprint density at radius 1 is 1.14 bits per heavy atom. The highest BCUT2D eigenvalue weighted by Crippen LogP contribution is 2.27. The maximum absolute atomic E-state index is 13.2. The molecule has 0 aliphatic carbocycles. The number of hydrogen-bond donors (Lipinski definition) is 0. The number of hydrogen-bond acceptors (Lipinski definition) is 5. The quantitative estimate of drug-likeness (QED) is 0.245. The zero-order valence-corrected chi connectivity index (χ0v) is 17.2. The number of thiophene rings is 1. The first-order chi connectivity index (χ1) is 14.1. The maximum Gasteiger partial charge on any atom is 0.267 e. The molecule has 0 unspecified atom stereocenters. The lowest BCUT2D eigenvalue weighted by Crippen LogP contribution is -2.21. The topological polar surface area (TPSA) is 52.0 Å². The van der Waals surface area contributed by atoms with E-state index in [1.54, 1.807) is 4.57 Å². The van der Waals surface area contributed by atoms with Crippen molar-refractivity contribution < 1.29 is 9.18 Å². The van der Waals surface area contributed by atoms with Crippen molar-refractivity contribution >= 4 is 39.1 Å². The molecule has 4 nitrogen and oxygen atoms in total. The summed E-state index contributed by atoms with van der Waals surface area (Å²) >= 11 is 2.71. The third-order valence-electron chi connectivity index (χ3n) is 4.45. The number of fused-ring (bicyclic) bond motifs is 1. The van der Waals surface area contributed by atoms with Crippen LogP contribution in [-0.4, -0.2) is 21.1 Å². The number of carbonyl (C=O) groups excluding carboxylic acids is 1. The first kappa shape index (κ1) is 19.5. The summed E-state index contributed by atoms with van der Waals surface area (Å²) in [4.78, 5) is 32.2. The summed E-state index contributed by atoms with van der Waals surface area (Å²) in [5.41, 5.74) is 0.986. The van der Waals surface area contributed by atoms with Gasteiger partial charge in [-0.2, -0.15) is 0 Å². The molecule has 0 saturated heterocycles. The third kappa shape index (κ3) is 4.02. The minimum atomic E-state index is -0.385. The van der Waals surface area contributed by atoms with Crippen LogP contribution in [0.2, 0.25) is 0 Å². The van der Waals surface area contributed by atoms with E-state index < -0.39 is 0 Å². The van der Waals surface area contributed by atoms with Crippen LogP contribution in [0.1, 0.15) is 22.2 Å². The molecule has 0 bridgehead atoms. The predicted molar refractivity (Wildman–Crippen MR) is 116 cm³/mol. The minimum Gasteiger partial charge on any atom is -0.293 e. The molecule has 2 heterocycles. The molecule has 146 valence electrons. The van der Waals surface area contributed by atoms with Crippen molar-refractivity contribution in [1.29, 1.82) is 0 Å². The molecule has 0 atom stereocenters. The van der Waals surface area contributed by atoms with Gasteiger partial charge in [-0.1, -0.05) is 36.9 Å². The maximum atomic E-state index is 13.2. The summed E-state index contributed by atoms with van der Waals surface area (Å²) in [6.45, 7) is 2.04. The van der Waals surface area contributed by atoms with Gasteiger partial charge in [-0.3, -0.25) is 14.2 Å². The number of benzene rings is 2. The average molecular weight is 425 g/mol. The molecule has 7 heteroatoms. The van der Waals surface area contributed by atoms with Gasteiger partial charge in [-0.25, -0.2) is 9.37 Å². The highest BCUT2D eigenvalue weighted by Gasteiger charge is 2.17. The number of rotatable bonds is 6. The van der Waals surface area contributed by atoms with Gasteiger partial charge in [0.05, 0.1) is 16.8 Å². The van der Waals surface area contributed by atoms with Gasteiger partial charge in [0, 0.05) is 10.4 Å². The molecule has 29 heavy (non-hydrogen) atoms. The van der Waals surface area contributed by atoms with Crippen LogP contribution in [0.3, 0.4) is 0 Å². The van der Waals surface area contributed by atoms with E-state index in [-0.39, 0.29) is 22.9 Å². The smallest absolute Gasteiger partial charge is 0.267 e. The van der Waals surface area contributed by atoms with Crippen molar-refractivity contribution in [3.63, 3.8) is 0 Å². The lowest BCUT2D eigenvalue weighted by Gasteiger charge is -2.11. The van der Waals surface area contributed by atoms with Crippen LogP contribution in [0, 0.1) is 5.82 Å². The summed E-state index contributed by atoms with van der Waals surface area (Å²) in [6.07, 6.45) is 0.831. The standard InChI is InChI=1S/C22H17FN2O2S2/c1-2-17-12-18-20(29-17)24-22(25(21(18)27)16-6-4-3-5-7-16)28-13-19(26)14-8-10-15(23)11-9-14/h3-12H,2,13H2,1H3. The second-order valence-corrected chi connectivity index (χ2v) is 8.43. The first-order valence-corrected chi connectivity index (χ1v) is 10.9. The van der Waals surface area contributed by atoms with Gasteiger partial charge >= 0.3 is 0 Å². The number of thioether (sulfide) groups is 1. The van der Waals surface area contributed by atoms with Gasteiger partial charge in [0.15, 0.2) is 10.9 Å². The molecule has 0 radical (unpaired) electrons. The van der Waals surface area contributed by atoms with E-state index in [0.717, 1.165) is 11.3 Å². The zero-order valence-electron chi connectivity index (χ0n) is 15.6. The van der Waals surface area contributed by atoms with Crippen LogP contribution in [-0.2, 0) is 6.42 Å². The number of nitrogens with zero attached hydrogens (tertiary/aromatic N) is 2. The van der Waals surface area contributed by atoms with Crippen LogP contribution in [0.4, 0.5) is 4.39 Å². The van der Waals surface area contributed by atoms with Gasteiger partial charge in [-0.05, 0) is 48.9 Å². The molecule has 2 aromatic carbocycles. The highest BCUT2D eigenvalue weighted by molar-refractivity contribution is 7.99. The second-order valence-electron chi connectivity index (χ2n) is 6.37. The molecule has 0 N–H and O–H groups in total. The normalized spacial score (nSPS) is 11.1. The molecule has 4 aromatic rings. The summed E-state index contributed by atoms with van der Waals surface area (Å²) in [7, 11) is 0. The van der Waals surface area contributed by atoms with E-state index in [9.17, 15) is 14.0 Å². The lowest BCUT2D eigenvalue weighted by molar-refractivity contribution is 0.102. The van der Waals surface area contributed by atoms with Crippen molar-refractivity contribution in [2.45, 2.75) is 18.5 Å². The Bertz CT molecular complexity index is 1230.